The molecule has 0 spiro atoms. The SMILES string of the molecule is C=C(C)C1CCC2(CNCC(=O)N3CCC(F)(F)CC3)CCC3(C)C(CCC4C5(C)CC=C(c6ccc(C(=O)O)cc6)C(C)(C)C5CCC43C)C12. The molecular formula is C44H62F2N2O3. The number of halogens is 2. The van der Waals surface area contributed by atoms with E-state index in [0.717, 1.165) is 31.4 Å². The molecule has 1 aromatic carbocycles. The Hall–Kier alpha value is -2.54. The molecule has 1 heterocycles. The van der Waals surface area contributed by atoms with E-state index in [1.165, 1.54) is 49.7 Å². The number of allylic oxidation sites excluding steroid dienone is 3. The lowest BCUT2D eigenvalue weighted by Crippen LogP contribution is -2.66. The highest BCUT2D eigenvalue weighted by Crippen LogP contribution is 2.77. The molecule has 1 aliphatic heterocycles. The van der Waals surface area contributed by atoms with Crippen molar-refractivity contribution < 1.29 is 23.5 Å². The number of hydrogen-bond donors (Lipinski definition) is 2. The monoisotopic (exact) mass is 704 g/mol. The van der Waals surface area contributed by atoms with Gasteiger partial charge in [0.2, 0.25) is 5.91 Å². The standard InChI is InChI=1S/C44H62F2N2O3/c1-28(2)31-14-19-43(27-47-26-36(49)48-24-22-44(45,46)23-25-48)21-20-41(6)33(37(31)43)12-13-35-40(5)17-15-32(29-8-10-30(11-9-29)38(50)51)39(3,4)34(40)16-18-42(35,41)7/h8-11,15,31,33-35,37,47H,1,12-14,16-27H2,2-7H3,(H,50,51). The molecule has 280 valence electrons. The van der Waals surface area contributed by atoms with Crippen molar-refractivity contribution in [1.82, 2.24) is 10.2 Å². The zero-order valence-electron chi connectivity index (χ0n) is 32.1. The summed E-state index contributed by atoms with van der Waals surface area (Å²) in [6.07, 6.45) is 12.7. The smallest absolute Gasteiger partial charge is 0.335 e. The molecule has 5 fully saturated rings. The topological polar surface area (TPSA) is 69.6 Å². The lowest BCUT2D eigenvalue weighted by Gasteiger charge is -2.72. The Balaban J connectivity index is 1.12. The minimum Gasteiger partial charge on any atom is -0.478 e. The van der Waals surface area contributed by atoms with Gasteiger partial charge in [0.1, 0.15) is 0 Å². The number of carboxylic acids is 1. The Labute approximate surface area is 305 Å². The fourth-order valence-corrected chi connectivity index (χ4v) is 14.1. The highest BCUT2D eigenvalue weighted by Gasteiger charge is 2.70. The van der Waals surface area contributed by atoms with Crippen LogP contribution in [0.3, 0.4) is 0 Å². The maximum atomic E-state index is 13.8. The first-order valence-electron chi connectivity index (χ1n) is 19.9. The molecule has 7 heteroatoms. The van der Waals surface area contributed by atoms with Gasteiger partial charge < -0.3 is 15.3 Å². The van der Waals surface area contributed by atoms with E-state index in [1.54, 1.807) is 17.0 Å². The molecule has 0 aromatic heterocycles. The Morgan fingerprint density at radius 2 is 1.57 bits per heavy atom. The summed E-state index contributed by atoms with van der Waals surface area (Å²) >= 11 is 0. The van der Waals surface area contributed by atoms with Gasteiger partial charge >= 0.3 is 5.97 Å². The highest BCUT2D eigenvalue weighted by molar-refractivity contribution is 5.88. The number of carbonyl (C=O) groups is 2. The first kappa shape index (κ1) is 36.8. The molecule has 5 nitrogen and oxygen atoms in total. The van der Waals surface area contributed by atoms with Gasteiger partial charge in [-0.2, -0.15) is 0 Å². The highest BCUT2D eigenvalue weighted by atomic mass is 19.3. The van der Waals surface area contributed by atoms with E-state index in [2.05, 4.69) is 59.5 Å². The number of carbonyl (C=O) groups excluding carboxylic acids is 1. The van der Waals surface area contributed by atoms with Crippen molar-refractivity contribution in [2.24, 2.45) is 56.7 Å². The minimum absolute atomic E-state index is 0.0206. The molecule has 5 aliphatic carbocycles. The van der Waals surface area contributed by atoms with Crippen LogP contribution in [0.1, 0.15) is 128 Å². The summed E-state index contributed by atoms with van der Waals surface area (Å²) in [4.78, 5) is 26.3. The number of nitrogens with zero attached hydrogens (tertiary/aromatic N) is 1. The molecule has 7 rings (SSSR count). The molecule has 2 N–H and O–H groups in total. The molecule has 4 saturated carbocycles. The number of nitrogens with one attached hydrogen (secondary N) is 1. The normalized spacial score (nSPS) is 41.0. The summed E-state index contributed by atoms with van der Waals surface area (Å²) in [5.41, 5.74) is 4.90. The van der Waals surface area contributed by atoms with Crippen LogP contribution in [0.5, 0.6) is 0 Å². The van der Waals surface area contributed by atoms with Gasteiger partial charge in [-0.15, -0.1) is 0 Å². The van der Waals surface area contributed by atoms with E-state index in [9.17, 15) is 23.5 Å². The number of carboxylic acid groups (broad SMARTS) is 1. The van der Waals surface area contributed by atoms with Gasteiger partial charge in [0.15, 0.2) is 0 Å². The third-order valence-corrected chi connectivity index (χ3v) is 16.9. The summed E-state index contributed by atoms with van der Waals surface area (Å²) in [5.74, 6) is -0.764. The lowest BCUT2D eigenvalue weighted by molar-refractivity contribution is -0.225. The summed E-state index contributed by atoms with van der Waals surface area (Å²) in [6.45, 7) is 20.9. The van der Waals surface area contributed by atoms with Crippen molar-refractivity contribution in [1.29, 1.82) is 0 Å². The third kappa shape index (κ3) is 5.68. The van der Waals surface area contributed by atoms with Gasteiger partial charge in [0, 0.05) is 32.5 Å². The number of aromatic carboxylic acids is 1. The van der Waals surface area contributed by atoms with Crippen LogP contribution in [0, 0.1) is 56.7 Å². The molecule has 1 aromatic rings. The maximum absolute atomic E-state index is 13.8. The van der Waals surface area contributed by atoms with Crippen molar-refractivity contribution in [3.63, 3.8) is 0 Å². The van der Waals surface area contributed by atoms with Gasteiger partial charge in [-0.1, -0.05) is 65.0 Å². The van der Waals surface area contributed by atoms with E-state index < -0.39 is 11.9 Å². The number of likely N-dealkylation sites (tertiary alicyclic amines) is 1. The molecular weight excluding hydrogens is 642 g/mol. The van der Waals surface area contributed by atoms with Gasteiger partial charge in [0.25, 0.3) is 5.92 Å². The molecule has 9 atom stereocenters. The van der Waals surface area contributed by atoms with Crippen molar-refractivity contribution >= 4 is 17.4 Å². The van der Waals surface area contributed by atoms with Gasteiger partial charge in [0.05, 0.1) is 12.1 Å². The number of alkyl halides is 2. The second-order valence-electron chi connectivity index (χ2n) is 19.3. The summed E-state index contributed by atoms with van der Waals surface area (Å²) in [7, 11) is 0. The largest absolute Gasteiger partial charge is 0.478 e. The van der Waals surface area contributed by atoms with Gasteiger partial charge in [-0.25, -0.2) is 13.6 Å². The number of amides is 1. The Bertz CT molecular complexity index is 1590. The Morgan fingerprint density at radius 3 is 2.22 bits per heavy atom. The van der Waals surface area contributed by atoms with Gasteiger partial charge in [-0.05, 0) is 145 Å². The Morgan fingerprint density at radius 1 is 0.882 bits per heavy atom. The summed E-state index contributed by atoms with van der Waals surface area (Å²) in [6, 6.07) is 7.51. The van der Waals surface area contributed by atoms with Crippen LogP contribution < -0.4 is 5.32 Å². The van der Waals surface area contributed by atoms with Crippen LogP contribution in [0.2, 0.25) is 0 Å². The van der Waals surface area contributed by atoms with E-state index >= 15 is 0 Å². The van der Waals surface area contributed by atoms with Crippen molar-refractivity contribution in [2.45, 2.75) is 118 Å². The van der Waals surface area contributed by atoms with E-state index in [0.29, 0.717) is 35.2 Å². The fourth-order valence-electron chi connectivity index (χ4n) is 14.1. The average Bonchev–Trinajstić information content (AvgIpc) is 3.45. The number of piperidine rings is 1. The first-order valence-corrected chi connectivity index (χ1v) is 19.9. The minimum atomic E-state index is -2.65. The van der Waals surface area contributed by atoms with E-state index in [1.807, 2.05) is 12.1 Å². The average molecular weight is 705 g/mol. The van der Waals surface area contributed by atoms with Crippen LogP contribution in [-0.2, 0) is 4.79 Å². The van der Waals surface area contributed by atoms with Crippen LogP contribution in [0.4, 0.5) is 8.78 Å². The molecule has 1 amide bonds. The molecule has 1 saturated heterocycles. The molecule has 51 heavy (non-hydrogen) atoms. The molecule has 0 radical (unpaired) electrons. The number of fused-ring (bicyclic) bond motifs is 7. The number of benzene rings is 1. The molecule has 0 bridgehead atoms. The molecule has 6 aliphatic rings. The zero-order chi connectivity index (χ0) is 36.8. The first-order chi connectivity index (χ1) is 23.9. The lowest BCUT2D eigenvalue weighted by atomic mass is 9.32. The third-order valence-electron chi connectivity index (χ3n) is 16.9. The maximum Gasteiger partial charge on any atom is 0.335 e. The van der Waals surface area contributed by atoms with Crippen LogP contribution >= 0.6 is 0 Å². The van der Waals surface area contributed by atoms with E-state index in [4.69, 9.17) is 0 Å². The summed E-state index contributed by atoms with van der Waals surface area (Å²) in [5, 5.41) is 13.1. The second-order valence-corrected chi connectivity index (χ2v) is 19.3. The van der Waals surface area contributed by atoms with Crippen LogP contribution in [-0.4, -0.2) is 54.0 Å². The number of hydrogen-bond acceptors (Lipinski definition) is 3. The predicted molar refractivity (Wildman–Crippen MR) is 199 cm³/mol. The van der Waals surface area contributed by atoms with Crippen molar-refractivity contribution in [3.05, 3.63) is 53.6 Å². The summed E-state index contributed by atoms with van der Waals surface area (Å²) < 4.78 is 27.5. The Kier molecular flexibility index (Phi) is 9.03. The van der Waals surface area contributed by atoms with Crippen molar-refractivity contribution in [2.75, 3.05) is 26.2 Å². The van der Waals surface area contributed by atoms with E-state index in [-0.39, 0.29) is 65.5 Å². The fraction of sp³-hybridized carbons (Fsp3) is 0.727. The van der Waals surface area contributed by atoms with Gasteiger partial charge in [-0.3, -0.25) is 4.79 Å². The quantitative estimate of drug-likeness (QED) is 0.277. The zero-order valence-corrected chi connectivity index (χ0v) is 32.1. The predicted octanol–water partition coefficient (Wildman–Crippen LogP) is 9.88. The van der Waals surface area contributed by atoms with Crippen LogP contribution in [0.25, 0.3) is 5.57 Å². The van der Waals surface area contributed by atoms with Crippen molar-refractivity contribution in [3.8, 4) is 0 Å². The second kappa shape index (κ2) is 12.5. The number of rotatable bonds is 7. The van der Waals surface area contributed by atoms with Crippen LogP contribution in [0.15, 0.2) is 42.5 Å². The molecule has 9 unspecified atom stereocenters.